The molecule has 0 radical (unpaired) electrons. The van der Waals surface area contributed by atoms with Gasteiger partial charge in [-0.05, 0) is 128 Å². The topological polar surface area (TPSA) is 0 Å². The molecule has 0 aromatic rings. The SMILES string of the molecule is CC(C)(C1CCC(C2C3CC4CC(C3)CC2C4)C1)C1C2C=CC=CC2C2C=CC=CC21. The third-order valence-electron chi connectivity index (χ3n) is 11.9. The Morgan fingerprint density at radius 1 is 0.548 bits per heavy atom. The van der Waals surface area contributed by atoms with Gasteiger partial charge in [0.2, 0.25) is 0 Å². The molecule has 8 aliphatic rings. The van der Waals surface area contributed by atoms with Crippen LogP contribution in [0.15, 0.2) is 48.6 Å². The van der Waals surface area contributed by atoms with Crippen LogP contribution >= 0.6 is 0 Å². The summed E-state index contributed by atoms with van der Waals surface area (Å²) in [6.45, 7) is 5.36. The maximum absolute atomic E-state index is 2.68. The van der Waals surface area contributed by atoms with Crippen LogP contribution in [0, 0.1) is 76.4 Å². The van der Waals surface area contributed by atoms with Gasteiger partial charge in [-0.2, -0.15) is 0 Å². The lowest BCUT2D eigenvalue weighted by Crippen LogP contribution is -2.47. The molecule has 6 unspecified atom stereocenters. The molecule has 0 heteroatoms. The molecule has 0 heterocycles. The molecule has 6 saturated carbocycles. The summed E-state index contributed by atoms with van der Waals surface area (Å²) >= 11 is 0. The van der Waals surface area contributed by atoms with Crippen molar-refractivity contribution < 1.29 is 0 Å². The predicted octanol–water partition coefficient (Wildman–Crippen LogP) is 7.85. The van der Waals surface area contributed by atoms with Gasteiger partial charge in [-0.25, -0.2) is 0 Å². The van der Waals surface area contributed by atoms with E-state index in [0.29, 0.717) is 5.41 Å². The summed E-state index contributed by atoms with van der Waals surface area (Å²) in [7, 11) is 0. The normalized spacial score (nSPS) is 53.9. The number of fused-ring (bicyclic) bond motifs is 3. The molecule has 0 aliphatic heterocycles. The third-order valence-corrected chi connectivity index (χ3v) is 11.9. The average molecular weight is 415 g/mol. The molecule has 0 saturated heterocycles. The fraction of sp³-hybridized carbons (Fsp3) is 0.742. The summed E-state index contributed by atoms with van der Waals surface area (Å²) in [5, 5.41) is 0. The second-order valence-corrected chi connectivity index (χ2v) is 13.5. The lowest BCUT2D eigenvalue weighted by molar-refractivity contribution is -0.0627. The van der Waals surface area contributed by atoms with E-state index in [4.69, 9.17) is 0 Å². The summed E-state index contributed by atoms with van der Waals surface area (Å²) in [6.07, 6.45) is 32.2. The molecule has 4 bridgehead atoms. The van der Waals surface area contributed by atoms with Gasteiger partial charge in [-0.15, -0.1) is 0 Å². The quantitative estimate of drug-likeness (QED) is 0.441. The van der Waals surface area contributed by atoms with E-state index >= 15 is 0 Å². The molecule has 0 amide bonds. The van der Waals surface area contributed by atoms with E-state index in [2.05, 4.69) is 62.5 Å². The summed E-state index contributed by atoms with van der Waals surface area (Å²) in [6, 6.07) is 0. The smallest absolute Gasteiger partial charge is 0.00954 e. The Kier molecular flexibility index (Phi) is 4.37. The predicted molar refractivity (Wildman–Crippen MR) is 129 cm³/mol. The van der Waals surface area contributed by atoms with Crippen molar-refractivity contribution in [1.82, 2.24) is 0 Å². The largest absolute Gasteiger partial charge is 0.0805 e. The zero-order valence-corrected chi connectivity index (χ0v) is 19.7. The van der Waals surface area contributed by atoms with Crippen molar-refractivity contribution in [1.29, 1.82) is 0 Å². The van der Waals surface area contributed by atoms with Crippen molar-refractivity contribution in [3.8, 4) is 0 Å². The summed E-state index contributed by atoms with van der Waals surface area (Å²) in [4.78, 5) is 0. The minimum absolute atomic E-state index is 0.439. The van der Waals surface area contributed by atoms with Crippen LogP contribution in [0.5, 0.6) is 0 Å². The number of rotatable bonds is 3. The Morgan fingerprint density at radius 2 is 1.06 bits per heavy atom. The molecule has 0 aromatic heterocycles. The molecule has 6 fully saturated rings. The second-order valence-electron chi connectivity index (χ2n) is 13.5. The van der Waals surface area contributed by atoms with Crippen LogP contribution in [0.2, 0.25) is 0 Å². The molecular formula is C31H42. The first-order chi connectivity index (χ1) is 15.1. The van der Waals surface area contributed by atoms with Crippen molar-refractivity contribution >= 4 is 0 Å². The molecule has 0 aromatic carbocycles. The Morgan fingerprint density at radius 3 is 1.61 bits per heavy atom. The van der Waals surface area contributed by atoms with Gasteiger partial charge in [0.1, 0.15) is 0 Å². The molecule has 166 valence electrons. The van der Waals surface area contributed by atoms with E-state index in [1.807, 2.05) is 0 Å². The summed E-state index contributed by atoms with van der Waals surface area (Å²) in [5.74, 6) is 11.3. The van der Waals surface area contributed by atoms with Gasteiger partial charge in [0, 0.05) is 0 Å². The number of hydrogen-bond donors (Lipinski definition) is 0. The van der Waals surface area contributed by atoms with Gasteiger partial charge in [-0.3, -0.25) is 0 Å². The highest BCUT2D eigenvalue weighted by atomic mass is 14.6. The Balaban J connectivity index is 1.13. The van der Waals surface area contributed by atoms with Crippen LogP contribution in [-0.2, 0) is 0 Å². The Hall–Kier alpha value is -1.04. The molecule has 6 atom stereocenters. The van der Waals surface area contributed by atoms with Crippen LogP contribution in [-0.4, -0.2) is 0 Å². The standard InChI is InChI=1S/C31H42/c1-31(2,30-27-9-5-3-7-25(27)26-8-4-6-10-28(26)30)24-12-11-21(18-24)29-22-14-19-13-20(16-22)17-23(29)15-19/h3-10,19-30H,11-18H2,1-2H3. The van der Waals surface area contributed by atoms with Gasteiger partial charge in [0.05, 0.1) is 0 Å². The first-order valence-corrected chi connectivity index (χ1v) is 13.8. The second kappa shape index (κ2) is 6.98. The van der Waals surface area contributed by atoms with E-state index in [1.54, 1.807) is 44.9 Å². The Labute approximate surface area is 190 Å². The maximum atomic E-state index is 2.68. The summed E-state index contributed by atoms with van der Waals surface area (Å²) < 4.78 is 0. The molecule has 0 N–H and O–H groups in total. The van der Waals surface area contributed by atoms with Gasteiger partial charge in [0.25, 0.3) is 0 Å². The van der Waals surface area contributed by atoms with Crippen molar-refractivity contribution in [2.24, 2.45) is 76.4 Å². The van der Waals surface area contributed by atoms with Crippen LogP contribution in [0.25, 0.3) is 0 Å². The highest BCUT2D eigenvalue weighted by Gasteiger charge is 2.57. The van der Waals surface area contributed by atoms with Crippen LogP contribution in [0.4, 0.5) is 0 Å². The Bertz CT molecular complexity index is 774. The van der Waals surface area contributed by atoms with E-state index in [9.17, 15) is 0 Å². The number of allylic oxidation sites excluding steroid dienone is 8. The van der Waals surface area contributed by atoms with Gasteiger partial charge in [0.15, 0.2) is 0 Å². The number of hydrogen-bond acceptors (Lipinski definition) is 0. The van der Waals surface area contributed by atoms with Crippen molar-refractivity contribution in [2.45, 2.75) is 65.2 Å². The molecule has 8 aliphatic carbocycles. The molecule has 0 nitrogen and oxygen atoms in total. The lowest BCUT2D eigenvalue weighted by atomic mass is 9.49. The molecular weight excluding hydrogens is 372 g/mol. The van der Waals surface area contributed by atoms with Gasteiger partial charge in [-0.1, -0.05) is 62.5 Å². The molecule has 8 rings (SSSR count). The van der Waals surface area contributed by atoms with Crippen LogP contribution in [0.3, 0.4) is 0 Å². The highest BCUT2D eigenvalue weighted by molar-refractivity contribution is 5.29. The minimum Gasteiger partial charge on any atom is -0.0805 e. The fourth-order valence-corrected chi connectivity index (χ4v) is 11.1. The lowest BCUT2D eigenvalue weighted by Gasteiger charge is -2.56. The van der Waals surface area contributed by atoms with Gasteiger partial charge >= 0.3 is 0 Å². The van der Waals surface area contributed by atoms with E-state index in [0.717, 1.165) is 71.0 Å². The van der Waals surface area contributed by atoms with E-state index < -0.39 is 0 Å². The van der Waals surface area contributed by atoms with Crippen molar-refractivity contribution in [3.63, 3.8) is 0 Å². The first kappa shape index (κ1) is 19.4. The van der Waals surface area contributed by atoms with Crippen LogP contribution in [0.1, 0.15) is 65.2 Å². The zero-order valence-electron chi connectivity index (χ0n) is 19.7. The first-order valence-electron chi connectivity index (χ1n) is 13.8. The van der Waals surface area contributed by atoms with Crippen molar-refractivity contribution in [3.05, 3.63) is 48.6 Å². The van der Waals surface area contributed by atoms with Crippen LogP contribution < -0.4 is 0 Å². The fourth-order valence-electron chi connectivity index (χ4n) is 11.1. The summed E-state index contributed by atoms with van der Waals surface area (Å²) in [5.41, 5.74) is 0.439. The highest BCUT2D eigenvalue weighted by Crippen LogP contribution is 2.64. The molecule has 31 heavy (non-hydrogen) atoms. The van der Waals surface area contributed by atoms with Gasteiger partial charge < -0.3 is 0 Å². The maximum Gasteiger partial charge on any atom is -0.00954 e. The monoisotopic (exact) mass is 414 g/mol. The average Bonchev–Trinajstić information content (AvgIpc) is 3.37. The zero-order chi connectivity index (χ0) is 20.7. The van der Waals surface area contributed by atoms with E-state index in [1.165, 1.54) is 6.42 Å². The molecule has 0 spiro atoms. The third kappa shape index (κ3) is 2.85. The minimum atomic E-state index is 0.439. The van der Waals surface area contributed by atoms with Crippen molar-refractivity contribution in [2.75, 3.05) is 0 Å². The van der Waals surface area contributed by atoms with E-state index in [-0.39, 0.29) is 0 Å².